The summed E-state index contributed by atoms with van der Waals surface area (Å²) in [6.07, 6.45) is 0.319. The van der Waals surface area contributed by atoms with Gasteiger partial charge in [0.05, 0.1) is 39.2 Å². The van der Waals surface area contributed by atoms with Crippen molar-refractivity contribution < 1.29 is 28.2 Å². The first-order valence-electron chi connectivity index (χ1n) is 14.0. The number of morpholine rings is 1. The summed E-state index contributed by atoms with van der Waals surface area (Å²) in [6, 6.07) is 20.0. The number of carbonyl (C=O) groups is 2. The maximum atomic E-state index is 15.0. The molecule has 1 fully saturated rings. The van der Waals surface area contributed by atoms with Crippen molar-refractivity contribution in [1.29, 1.82) is 0 Å². The SMILES string of the molecule is COc1ccc(C(=O)N(CCN2CCOCC2)CC(=O)N2N=C(c3cccc(OC)c3)C[C@H]2c2ccccc2F)cc1. The number of hydrogen-bond acceptors (Lipinski definition) is 7. The Morgan fingerprint density at radius 2 is 1.71 bits per heavy atom. The van der Waals surface area contributed by atoms with Crippen LogP contribution in [0.3, 0.4) is 0 Å². The molecule has 2 amide bonds. The highest BCUT2D eigenvalue weighted by molar-refractivity contribution is 6.04. The molecular formula is C32H35FN4O5. The number of nitrogens with zero attached hydrogens (tertiary/aromatic N) is 4. The van der Waals surface area contributed by atoms with E-state index in [1.54, 1.807) is 56.7 Å². The number of hydrogen-bond donors (Lipinski definition) is 0. The minimum atomic E-state index is -0.655. The second-order valence-corrected chi connectivity index (χ2v) is 10.2. The van der Waals surface area contributed by atoms with Crippen molar-refractivity contribution in [1.82, 2.24) is 14.8 Å². The maximum Gasteiger partial charge on any atom is 0.262 e. The van der Waals surface area contributed by atoms with Crippen molar-refractivity contribution >= 4 is 17.5 Å². The number of benzene rings is 3. The lowest BCUT2D eigenvalue weighted by atomic mass is 9.98. The van der Waals surface area contributed by atoms with Gasteiger partial charge in [-0.05, 0) is 42.5 Å². The van der Waals surface area contributed by atoms with Crippen molar-refractivity contribution in [2.75, 3.05) is 60.2 Å². The third-order valence-electron chi connectivity index (χ3n) is 7.57. The van der Waals surface area contributed by atoms with Crippen molar-refractivity contribution in [3.63, 3.8) is 0 Å². The lowest BCUT2D eigenvalue weighted by molar-refractivity contribution is -0.133. The topological polar surface area (TPSA) is 83.9 Å². The van der Waals surface area contributed by atoms with Gasteiger partial charge in [-0.1, -0.05) is 30.3 Å². The zero-order chi connectivity index (χ0) is 29.5. The Morgan fingerprint density at radius 1 is 0.976 bits per heavy atom. The molecule has 0 radical (unpaired) electrons. The molecular weight excluding hydrogens is 539 g/mol. The van der Waals surface area contributed by atoms with Crippen LogP contribution in [0, 0.1) is 5.82 Å². The molecule has 9 nitrogen and oxygen atoms in total. The quantitative estimate of drug-likeness (QED) is 0.364. The lowest BCUT2D eigenvalue weighted by Gasteiger charge is -2.31. The van der Waals surface area contributed by atoms with Gasteiger partial charge >= 0.3 is 0 Å². The molecule has 0 N–H and O–H groups in total. The Balaban J connectivity index is 1.43. The average Bonchev–Trinajstić information content (AvgIpc) is 3.49. The monoisotopic (exact) mass is 574 g/mol. The van der Waals surface area contributed by atoms with Gasteiger partial charge in [-0.2, -0.15) is 5.10 Å². The fourth-order valence-electron chi connectivity index (χ4n) is 5.20. The molecule has 42 heavy (non-hydrogen) atoms. The average molecular weight is 575 g/mol. The number of carbonyl (C=O) groups excluding carboxylic acids is 2. The molecule has 0 saturated carbocycles. The second kappa shape index (κ2) is 13.6. The third-order valence-corrected chi connectivity index (χ3v) is 7.57. The third kappa shape index (κ3) is 6.78. The van der Waals surface area contributed by atoms with Gasteiger partial charge in [0.25, 0.3) is 11.8 Å². The van der Waals surface area contributed by atoms with Crippen LogP contribution in [-0.4, -0.2) is 92.5 Å². The van der Waals surface area contributed by atoms with Crippen LogP contribution in [-0.2, 0) is 9.53 Å². The molecule has 2 aliphatic heterocycles. The van der Waals surface area contributed by atoms with Crippen LogP contribution < -0.4 is 9.47 Å². The van der Waals surface area contributed by atoms with E-state index >= 15 is 4.39 Å². The van der Waals surface area contributed by atoms with E-state index in [9.17, 15) is 9.59 Å². The van der Waals surface area contributed by atoms with Crippen LogP contribution in [0.4, 0.5) is 4.39 Å². The summed E-state index contributed by atoms with van der Waals surface area (Å²) in [5, 5.41) is 6.02. The van der Waals surface area contributed by atoms with Gasteiger partial charge in [0.1, 0.15) is 23.9 Å². The molecule has 0 aliphatic carbocycles. The Morgan fingerprint density at radius 3 is 2.43 bits per heavy atom. The normalized spacial score (nSPS) is 17.1. The van der Waals surface area contributed by atoms with E-state index < -0.39 is 17.8 Å². The zero-order valence-corrected chi connectivity index (χ0v) is 23.9. The van der Waals surface area contributed by atoms with E-state index in [2.05, 4.69) is 10.0 Å². The summed E-state index contributed by atoms with van der Waals surface area (Å²) in [4.78, 5) is 31.4. The minimum Gasteiger partial charge on any atom is -0.497 e. The molecule has 2 heterocycles. The van der Waals surface area contributed by atoms with E-state index in [0.717, 1.165) is 18.7 Å². The predicted molar refractivity (Wildman–Crippen MR) is 156 cm³/mol. The first kappa shape index (κ1) is 29.2. The maximum absolute atomic E-state index is 15.0. The molecule has 5 rings (SSSR count). The van der Waals surface area contributed by atoms with Crippen LogP contribution in [0.25, 0.3) is 0 Å². The Kier molecular flexibility index (Phi) is 9.45. The summed E-state index contributed by atoms with van der Waals surface area (Å²) in [7, 11) is 3.14. The minimum absolute atomic E-state index is 0.213. The molecule has 0 bridgehead atoms. The molecule has 1 saturated heterocycles. The Hall–Kier alpha value is -4.28. The predicted octanol–water partition coefficient (Wildman–Crippen LogP) is 4.00. The zero-order valence-electron chi connectivity index (χ0n) is 23.9. The first-order valence-corrected chi connectivity index (χ1v) is 14.0. The van der Waals surface area contributed by atoms with Crippen molar-refractivity contribution in [3.8, 4) is 11.5 Å². The van der Waals surface area contributed by atoms with E-state index in [0.29, 0.717) is 61.1 Å². The summed E-state index contributed by atoms with van der Waals surface area (Å²) in [5.74, 6) is 0.192. The molecule has 3 aromatic rings. The Bertz CT molecular complexity index is 1420. The Labute approximate surface area is 245 Å². The number of methoxy groups -OCH3 is 2. The number of hydrazone groups is 1. The van der Waals surface area contributed by atoms with Crippen LogP contribution in [0.1, 0.15) is 33.9 Å². The van der Waals surface area contributed by atoms with Gasteiger partial charge in [-0.15, -0.1) is 0 Å². The van der Waals surface area contributed by atoms with Crippen molar-refractivity contribution in [3.05, 3.63) is 95.3 Å². The van der Waals surface area contributed by atoms with E-state index in [1.165, 1.54) is 16.0 Å². The standard InChI is InChI=1S/C32H35FN4O5/c1-40-25-12-10-23(11-13-25)32(39)36(15-14-35-16-18-42-19-17-35)22-31(38)37-30(27-8-3-4-9-28(27)33)21-29(34-37)24-6-5-7-26(20-24)41-2/h3-13,20,30H,14-19,21-22H2,1-2H3/t30-/m0/s1. The molecule has 1 atom stereocenters. The highest BCUT2D eigenvalue weighted by Gasteiger charge is 2.36. The summed E-state index contributed by atoms with van der Waals surface area (Å²) >= 11 is 0. The van der Waals surface area contributed by atoms with E-state index in [-0.39, 0.29) is 12.5 Å². The fourth-order valence-corrected chi connectivity index (χ4v) is 5.20. The van der Waals surface area contributed by atoms with Crippen molar-refractivity contribution in [2.24, 2.45) is 5.10 Å². The molecule has 0 spiro atoms. The van der Waals surface area contributed by atoms with Crippen LogP contribution in [0.2, 0.25) is 0 Å². The van der Waals surface area contributed by atoms with Crippen LogP contribution in [0.15, 0.2) is 77.9 Å². The lowest BCUT2D eigenvalue weighted by Crippen LogP contribution is -2.46. The van der Waals surface area contributed by atoms with Crippen LogP contribution >= 0.6 is 0 Å². The number of ether oxygens (including phenoxy) is 3. The molecule has 0 aromatic heterocycles. The molecule has 3 aromatic carbocycles. The second-order valence-electron chi connectivity index (χ2n) is 10.2. The number of amides is 2. The summed E-state index contributed by atoms with van der Waals surface area (Å²) in [6.45, 7) is 3.49. The summed E-state index contributed by atoms with van der Waals surface area (Å²) in [5.41, 5.74) is 2.23. The van der Waals surface area contributed by atoms with Gasteiger partial charge in [-0.25, -0.2) is 9.40 Å². The van der Waals surface area contributed by atoms with Gasteiger partial charge in [-0.3, -0.25) is 14.5 Å². The highest BCUT2D eigenvalue weighted by Crippen LogP contribution is 2.35. The molecule has 220 valence electrons. The van der Waals surface area contributed by atoms with Gasteiger partial charge in [0.2, 0.25) is 0 Å². The van der Waals surface area contributed by atoms with E-state index in [4.69, 9.17) is 14.2 Å². The first-order chi connectivity index (χ1) is 20.5. The van der Waals surface area contributed by atoms with E-state index in [1.807, 2.05) is 24.3 Å². The molecule has 10 heteroatoms. The van der Waals surface area contributed by atoms with Gasteiger partial charge < -0.3 is 19.1 Å². The number of halogens is 1. The van der Waals surface area contributed by atoms with Gasteiger partial charge in [0.15, 0.2) is 0 Å². The number of rotatable bonds is 10. The van der Waals surface area contributed by atoms with Gasteiger partial charge in [0, 0.05) is 49.3 Å². The highest BCUT2D eigenvalue weighted by atomic mass is 19.1. The summed E-state index contributed by atoms with van der Waals surface area (Å²) < 4.78 is 31.1. The smallest absolute Gasteiger partial charge is 0.262 e. The fraction of sp³-hybridized carbons (Fsp3) is 0.344. The molecule has 2 aliphatic rings. The van der Waals surface area contributed by atoms with Crippen LogP contribution in [0.5, 0.6) is 11.5 Å². The largest absolute Gasteiger partial charge is 0.497 e. The molecule has 0 unspecified atom stereocenters. The van der Waals surface area contributed by atoms with Crippen molar-refractivity contribution in [2.45, 2.75) is 12.5 Å².